The molecule has 2 aromatic heterocycles. The minimum Gasteiger partial charge on any atom is -0.322 e. The Morgan fingerprint density at radius 2 is 2.04 bits per heavy atom. The summed E-state index contributed by atoms with van der Waals surface area (Å²) in [5.74, 6) is 1.21. The molecule has 0 N–H and O–H groups in total. The lowest BCUT2D eigenvalue weighted by Gasteiger charge is -2.09. The molecular weight excluding hydrogens is 286 g/mol. The van der Waals surface area contributed by atoms with Crippen LogP contribution in [0.15, 0.2) is 42.6 Å². The van der Waals surface area contributed by atoms with Crippen molar-refractivity contribution in [3.05, 3.63) is 59.7 Å². The molecule has 0 atom stereocenters. The number of carbonyl (C=O) groups is 1. The van der Waals surface area contributed by atoms with Gasteiger partial charge in [0.1, 0.15) is 5.82 Å². The van der Waals surface area contributed by atoms with E-state index in [0.717, 1.165) is 41.0 Å². The predicted octanol–water partition coefficient (Wildman–Crippen LogP) is 4.02. The number of nitrogens with zero attached hydrogens (tertiary/aromatic N) is 3. The lowest BCUT2D eigenvalue weighted by molar-refractivity contribution is 0.0988. The second kappa shape index (κ2) is 6.73. The highest BCUT2D eigenvalue weighted by molar-refractivity contribution is 5.98. The number of imidazole rings is 1. The van der Waals surface area contributed by atoms with E-state index in [1.165, 1.54) is 0 Å². The van der Waals surface area contributed by atoms with E-state index < -0.39 is 0 Å². The Kier molecular flexibility index (Phi) is 4.51. The lowest BCUT2D eigenvalue weighted by atomic mass is 10.1. The highest BCUT2D eigenvalue weighted by Gasteiger charge is 2.13. The Balaban J connectivity index is 2.10. The van der Waals surface area contributed by atoms with E-state index in [1.807, 2.05) is 43.3 Å². The number of hydrogen-bond donors (Lipinski definition) is 0. The third-order valence-electron chi connectivity index (χ3n) is 3.99. The maximum absolute atomic E-state index is 12.0. The number of fused-ring (bicyclic) bond motifs is 1. The predicted molar refractivity (Wildman–Crippen MR) is 91.7 cm³/mol. The Morgan fingerprint density at radius 3 is 2.74 bits per heavy atom. The van der Waals surface area contributed by atoms with Gasteiger partial charge in [-0.25, -0.2) is 4.98 Å². The van der Waals surface area contributed by atoms with Crippen LogP contribution in [0.2, 0.25) is 0 Å². The van der Waals surface area contributed by atoms with Crippen molar-refractivity contribution in [1.29, 1.82) is 0 Å². The molecule has 4 nitrogen and oxygen atoms in total. The first-order valence-electron chi connectivity index (χ1n) is 8.15. The zero-order valence-electron chi connectivity index (χ0n) is 13.6. The summed E-state index contributed by atoms with van der Waals surface area (Å²) in [5.41, 5.74) is 3.71. The molecule has 0 fully saturated rings. The van der Waals surface area contributed by atoms with Gasteiger partial charge < -0.3 is 4.57 Å². The third kappa shape index (κ3) is 3.16. The standard InChI is InChI=1S/C19H21N3O/c1-3-7-19-21-16-10-9-14(18(23)4-2)12-17(16)22(19)13-15-8-5-6-11-20-15/h5-6,8-12H,3-4,7,13H2,1-2H3. The number of benzene rings is 1. The van der Waals surface area contributed by atoms with Crippen LogP contribution in [-0.2, 0) is 13.0 Å². The number of aromatic nitrogens is 3. The summed E-state index contributed by atoms with van der Waals surface area (Å²) in [7, 11) is 0. The summed E-state index contributed by atoms with van der Waals surface area (Å²) in [6, 6.07) is 11.7. The fraction of sp³-hybridized carbons (Fsp3) is 0.316. The fourth-order valence-electron chi connectivity index (χ4n) is 2.79. The van der Waals surface area contributed by atoms with E-state index in [-0.39, 0.29) is 5.78 Å². The van der Waals surface area contributed by atoms with Crippen molar-refractivity contribution < 1.29 is 4.79 Å². The van der Waals surface area contributed by atoms with E-state index >= 15 is 0 Å². The largest absolute Gasteiger partial charge is 0.322 e. The Bertz CT molecular complexity index is 821. The number of carbonyl (C=O) groups excluding carboxylic acids is 1. The average Bonchev–Trinajstić information content (AvgIpc) is 2.92. The molecule has 0 unspecified atom stereocenters. The van der Waals surface area contributed by atoms with Crippen LogP contribution in [0.25, 0.3) is 11.0 Å². The molecule has 1 aromatic carbocycles. The Labute approximate surface area is 136 Å². The number of aryl methyl sites for hydroxylation is 1. The molecule has 0 saturated carbocycles. The summed E-state index contributed by atoms with van der Waals surface area (Å²) < 4.78 is 2.19. The zero-order chi connectivity index (χ0) is 16.2. The first kappa shape index (κ1) is 15.4. The number of rotatable bonds is 6. The fourth-order valence-corrected chi connectivity index (χ4v) is 2.79. The van der Waals surface area contributed by atoms with Crippen LogP contribution in [0, 0.1) is 0 Å². The van der Waals surface area contributed by atoms with Gasteiger partial charge in [0.15, 0.2) is 5.78 Å². The van der Waals surface area contributed by atoms with E-state index in [1.54, 1.807) is 6.20 Å². The minimum absolute atomic E-state index is 0.162. The first-order chi connectivity index (χ1) is 11.2. The maximum Gasteiger partial charge on any atom is 0.162 e. The van der Waals surface area contributed by atoms with Gasteiger partial charge in [-0.15, -0.1) is 0 Å². The van der Waals surface area contributed by atoms with Gasteiger partial charge in [0.2, 0.25) is 0 Å². The summed E-state index contributed by atoms with van der Waals surface area (Å²) >= 11 is 0. The Morgan fingerprint density at radius 1 is 1.17 bits per heavy atom. The molecule has 0 aliphatic heterocycles. The van der Waals surface area contributed by atoms with Crippen LogP contribution in [-0.4, -0.2) is 20.3 Å². The SMILES string of the molecule is CCCc1nc2ccc(C(=O)CC)cc2n1Cc1ccccn1. The molecule has 2 heterocycles. The highest BCUT2D eigenvalue weighted by atomic mass is 16.1. The van der Waals surface area contributed by atoms with Crippen molar-refractivity contribution in [3.63, 3.8) is 0 Å². The third-order valence-corrected chi connectivity index (χ3v) is 3.99. The smallest absolute Gasteiger partial charge is 0.162 e. The van der Waals surface area contributed by atoms with Crippen LogP contribution in [0.1, 0.15) is 48.6 Å². The normalized spacial score (nSPS) is 11.0. The van der Waals surface area contributed by atoms with Crippen LogP contribution in [0.4, 0.5) is 0 Å². The molecule has 0 amide bonds. The van der Waals surface area contributed by atoms with Gasteiger partial charge in [0.05, 0.1) is 23.3 Å². The van der Waals surface area contributed by atoms with Gasteiger partial charge in [0.25, 0.3) is 0 Å². The molecule has 3 rings (SSSR count). The quantitative estimate of drug-likeness (QED) is 0.646. The summed E-state index contributed by atoms with van der Waals surface area (Å²) in [5, 5.41) is 0. The van der Waals surface area contributed by atoms with Crippen molar-refractivity contribution >= 4 is 16.8 Å². The molecule has 0 aliphatic carbocycles. The van der Waals surface area contributed by atoms with Crippen LogP contribution in [0.5, 0.6) is 0 Å². The van der Waals surface area contributed by atoms with Crippen molar-refractivity contribution in [2.45, 2.75) is 39.7 Å². The molecule has 0 aliphatic rings. The van der Waals surface area contributed by atoms with E-state index in [9.17, 15) is 4.79 Å². The van der Waals surface area contributed by atoms with Gasteiger partial charge >= 0.3 is 0 Å². The lowest BCUT2D eigenvalue weighted by Crippen LogP contribution is -2.07. The van der Waals surface area contributed by atoms with Crippen molar-refractivity contribution in [2.24, 2.45) is 0 Å². The summed E-state index contributed by atoms with van der Waals surface area (Å²) in [6.45, 7) is 4.72. The number of pyridine rings is 1. The van der Waals surface area contributed by atoms with Gasteiger partial charge in [-0.3, -0.25) is 9.78 Å². The molecular formula is C19H21N3O. The van der Waals surface area contributed by atoms with Crippen LogP contribution in [0.3, 0.4) is 0 Å². The first-order valence-corrected chi connectivity index (χ1v) is 8.15. The van der Waals surface area contributed by atoms with Crippen molar-refractivity contribution in [2.75, 3.05) is 0 Å². The molecule has 0 saturated heterocycles. The zero-order valence-corrected chi connectivity index (χ0v) is 13.6. The molecule has 4 heteroatoms. The summed E-state index contributed by atoms with van der Waals surface area (Å²) in [4.78, 5) is 21.2. The van der Waals surface area contributed by atoms with Gasteiger partial charge in [0, 0.05) is 24.6 Å². The van der Waals surface area contributed by atoms with E-state index in [2.05, 4.69) is 16.5 Å². The monoisotopic (exact) mass is 307 g/mol. The molecule has 0 spiro atoms. The van der Waals surface area contributed by atoms with Crippen molar-refractivity contribution in [1.82, 2.24) is 14.5 Å². The number of hydrogen-bond acceptors (Lipinski definition) is 3. The van der Waals surface area contributed by atoms with Crippen LogP contribution < -0.4 is 0 Å². The number of Topliss-reactive ketones (excluding diaryl/α,β-unsaturated/α-hetero) is 1. The van der Waals surface area contributed by atoms with E-state index in [4.69, 9.17) is 4.98 Å². The highest BCUT2D eigenvalue weighted by Crippen LogP contribution is 2.21. The van der Waals surface area contributed by atoms with Gasteiger partial charge in [-0.1, -0.05) is 19.9 Å². The molecule has 118 valence electrons. The molecule has 3 aromatic rings. The summed E-state index contributed by atoms with van der Waals surface area (Å²) in [6.07, 6.45) is 4.27. The van der Waals surface area contributed by atoms with Gasteiger partial charge in [-0.05, 0) is 36.8 Å². The second-order valence-corrected chi connectivity index (χ2v) is 5.67. The van der Waals surface area contributed by atoms with Crippen LogP contribution >= 0.6 is 0 Å². The molecule has 0 bridgehead atoms. The van der Waals surface area contributed by atoms with Gasteiger partial charge in [-0.2, -0.15) is 0 Å². The van der Waals surface area contributed by atoms with Crippen molar-refractivity contribution in [3.8, 4) is 0 Å². The Hall–Kier alpha value is -2.49. The minimum atomic E-state index is 0.162. The second-order valence-electron chi connectivity index (χ2n) is 5.67. The molecule has 23 heavy (non-hydrogen) atoms. The topological polar surface area (TPSA) is 47.8 Å². The number of ketones is 1. The average molecular weight is 307 g/mol. The maximum atomic E-state index is 12.0. The van der Waals surface area contributed by atoms with E-state index in [0.29, 0.717) is 13.0 Å². The molecule has 0 radical (unpaired) electrons.